The average molecular weight is 504 g/mol. The number of sulfone groups is 1. The Morgan fingerprint density at radius 3 is 2.62 bits per heavy atom. The van der Waals surface area contributed by atoms with E-state index in [1.54, 1.807) is 38.3 Å². The summed E-state index contributed by atoms with van der Waals surface area (Å²) in [6.45, 7) is 4.63. The van der Waals surface area contributed by atoms with Crippen molar-refractivity contribution in [2.24, 2.45) is 0 Å². The number of methoxy groups -OCH3 is 1. The molecule has 2 N–H and O–H groups in total. The molecule has 3 aromatic rings. The zero-order valence-corrected chi connectivity index (χ0v) is 20.5. The van der Waals surface area contributed by atoms with Crippen LogP contribution in [0.1, 0.15) is 6.92 Å². The van der Waals surface area contributed by atoms with Gasteiger partial charge in [-0.05, 0) is 24.3 Å². The predicted octanol–water partition coefficient (Wildman–Crippen LogP) is 4.26. The summed E-state index contributed by atoms with van der Waals surface area (Å²) in [5.41, 5.74) is 2.11. The number of anilines is 5. The molecule has 2 aromatic carbocycles. The number of halogens is 1. The van der Waals surface area contributed by atoms with Crippen LogP contribution >= 0.6 is 11.6 Å². The molecule has 1 saturated heterocycles. The second kappa shape index (κ2) is 10.5. The Bertz CT molecular complexity index is 1270. The number of nitrogens with one attached hydrogen (secondary N) is 2. The lowest BCUT2D eigenvalue weighted by molar-refractivity contribution is 0.122. The van der Waals surface area contributed by atoms with Gasteiger partial charge in [0.2, 0.25) is 5.95 Å². The van der Waals surface area contributed by atoms with Crippen LogP contribution < -0.4 is 20.3 Å². The van der Waals surface area contributed by atoms with E-state index in [0.29, 0.717) is 30.3 Å². The Morgan fingerprint density at radius 2 is 1.88 bits per heavy atom. The number of nitrogens with zero attached hydrogens (tertiary/aromatic N) is 3. The molecule has 0 unspecified atom stereocenters. The third-order valence-electron chi connectivity index (χ3n) is 5.41. The van der Waals surface area contributed by atoms with E-state index in [9.17, 15) is 8.42 Å². The maximum atomic E-state index is 12.5. The third kappa shape index (κ3) is 5.35. The van der Waals surface area contributed by atoms with Crippen molar-refractivity contribution in [3.05, 3.63) is 53.7 Å². The fourth-order valence-corrected chi connectivity index (χ4v) is 4.75. The minimum Gasteiger partial charge on any atom is -0.494 e. The van der Waals surface area contributed by atoms with Gasteiger partial charge in [-0.15, -0.1) is 0 Å². The van der Waals surface area contributed by atoms with Crippen LogP contribution in [0.3, 0.4) is 0 Å². The first-order valence-electron chi connectivity index (χ1n) is 10.8. The van der Waals surface area contributed by atoms with Gasteiger partial charge in [-0.3, -0.25) is 0 Å². The summed E-state index contributed by atoms with van der Waals surface area (Å²) in [5.74, 6) is 1.18. The highest BCUT2D eigenvalue weighted by molar-refractivity contribution is 7.91. The highest BCUT2D eigenvalue weighted by Crippen LogP contribution is 2.33. The molecule has 9 nitrogen and oxygen atoms in total. The van der Waals surface area contributed by atoms with E-state index < -0.39 is 9.84 Å². The average Bonchev–Trinajstić information content (AvgIpc) is 2.87. The number of benzene rings is 2. The molecule has 2 heterocycles. The normalized spacial score (nSPS) is 14.0. The molecule has 1 aliphatic heterocycles. The molecule has 1 aliphatic rings. The molecule has 4 rings (SSSR count). The lowest BCUT2D eigenvalue weighted by Crippen LogP contribution is -2.36. The van der Waals surface area contributed by atoms with E-state index in [1.165, 1.54) is 6.20 Å². The van der Waals surface area contributed by atoms with Crippen LogP contribution in [-0.2, 0) is 14.6 Å². The van der Waals surface area contributed by atoms with E-state index in [0.717, 1.165) is 18.8 Å². The molecule has 0 amide bonds. The number of para-hydroxylation sites is 1. The molecular weight excluding hydrogens is 478 g/mol. The minimum atomic E-state index is -3.44. The van der Waals surface area contributed by atoms with Gasteiger partial charge in [-0.1, -0.05) is 30.7 Å². The highest BCUT2D eigenvalue weighted by Gasteiger charge is 2.18. The Hall–Kier alpha value is -3.08. The van der Waals surface area contributed by atoms with E-state index in [4.69, 9.17) is 21.1 Å². The molecule has 0 spiro atoms. The Labute approximate surface area is 204 Å². The number of ether oxygens (including phenoxy) is 2. The van der Waals surface area contributed by atoms with Gasteiger partial charge in [0.25, 0.3) is 0 Å². The van der Waals surface area contributed by atoms with Gasteiger partial charge in [-0.25, -0.2) is 13.4 Å². The van der Waals surface area contributed by atoms with Crippen LogP contribution in [0.2, 0.25) is 5.02 Å². The van der Waals surface area contributed by atoms with Gasteiger partial charge in [0, 0.05) is 24.8 Å². The van der Waals surface area contributed by atoms with Gasteiger partial charge in [0.15, 0.2) is 15.7 Å². The number of morpholine rings is 1. The quantitative estimate of drug-likeness (QED) is 0.466. The van der Waals surface area contributed by atoms with Gasteiger partial charge in [-0.2, -0.15) is 4.98 Å². The molecule has 1 aromatic heterocycles. The first-order chi connectivity index (χ1) is 16.4. The number of hydrogen-bond acceptors (Lipinski definition) is 9. The molecule has 0 aliphatic carbocycles. The fourth-order valence-electron chi connectivity index (χ4n) is 3.56. The molecule has 0 radical (unpaired) electrons. The summed E-state index contributed by atoms with van der Waals surface area (Å²) >= 11 is 6.31. The summed E-state index contributed by atoms with van der Waals surface area (Å²) in [6, 6.07) is 12.5. The van der Waals surface area contributed by atoms with Gasteiger partial charge in [0.05, 0.1) is 48.5 Å². The maximum absolute atomic E-state index is 12.5. The standard InChI is InChI=1S/C23H26ClN5O4S/c1-3-34(30,31)21-7-5-4-6-19(21)26-22-17(24)15-25-23(28-22)27-18-9-8-16(14-20(18)32-2)29-10-12-33-13-11-29/h4-9,14-15H,3,10-13H2,1-2H3,(H2,25,26,27,28). The first-order valence-corrected chi connectivity index (χ1v) is 12.8. The van der Waals surface area contributed by atoms with Gasteiger partial charge in [0.1, 0.15) is 10.8 Å². The van der Waals surface area contributed by atoms with E-state index in [-0.39, 0.29) is 27.4 Å². The van der Waals surface area contributed by atoms with Crippen LogP contribution in [0, 0.1) is 0 Å². The Morgan fingerprint density at radius 1 is 1.12 bits per heavy atom. The van der Waals surface area contributed by atoms with Crippen molar-refractivity contribution in [1.82, 2.24) is 9.97 Å². The summed E-state index contributed by atoms with van der Waals surface area (Å²) in [4.78, 5) is 11.1. The molecule has 0 saturated carbocycles. The van der Waals surface area contributed by atoms with Crippen molar-refractivity contribution in [3.8, 4) is 5.75 Å². The fraction of sp³-hybridized carbons (Fsp3) is 0.304. The van der Waals surface area contributed by atoms with E-state index >= 15 is 0 Å². The molecule has 0 bridgehead atoms. The van der Waals surface area contributed by atoms with Crippen molar-refractivity contribution in [2.75, 3.05) is 54.7 Å². The van der Waals surface area contributed by atoms with Crippen LogP contribution in [-0.4, -0.2) is 57.6 Å². The van der Waals surface area contributed by atoms with Crippen molar-refractivity contribution in [3.63, 3.8) is 0 Å². The Kier molecular flexibility index (Phi) is 7.40. The second-order valence-electron chi connectivity index (χ2n) is 7.52. The zero-order chi connectivity index (χ0) is 24.1. The zero-order valence-electron chi connectivity index (χ0n) is 18.9. The molecule has 1 fully saturated rings. The molecule has 180 valence electrons. The summed E-state index contributed by atoms with van der Waals surface area (Å²) in [6.07, 6.45) is 1.45. The van der Waals surface area contributed by atoms with Crippen LogP contribution in [0.25, 0.3) is 0 Å². The topological polar surface area (TPSA) is 106 Å². The number of rotatable bonds is 8. The molecule has 0 atom stereocenters. The summed E-state index contributed by atoms with van der Waals surface area (Å²) < 4.78 is 36.0. The van der Waals surface area contributed by atoms with Crippen molar-refractivity contribution in [2.45, 2.75) is 11.8 Å². The molecule has 34 heavy (non-hydrogen) atoms. The van der Waals surface area contributed by atoms with Gasteiger partial charge >= 0.3 is 0 Å². The number of aromatic nitrogens is 2. The first kappa shape index (κ1) is 24.1. The van der Waals surface area contributed by atoms with Crippen LogP contribution in [0.5, 0.6) is 5.75 Å². The predicted molar refractivity (Wildman–Crippen MR) is 134 cm³/mol. The number of hydrogen-bond donors (Lipinski definition) is 2. The minimum absolute atomic E-state index is 0.0176. The lowest BCUT2D eigenvalue weighted by Gasteiger charge is -2.29. The van der Waals surface area contributed by atoms with Crippen LogP contribution in [0.4, 0.5) is 28.8 Å². The van der Waals surface area contributed by atoms with Crippen molar-refractivity contribution >= 4 is 50.3 Å². The maximum Gasteiger partial charge on any atom is 0.229 e. The summed E-state index contributed by atoms with van der Waals surface area (Å²) in [5, 5.41) is 6.45. The molecular formula is C23H26ClN5O4S. The largest absolute Gasteiger partial charge is 0.494 e. The SMILES string of the molecule is CCS(=O)(=O)c1ccccc1Nc1nc(Nc2ccc(N3CCOCC3)cc2OC)ncc1Cl. The monoisotopic (exact) mass is 503 g/mol. The van der Waals surface area contributed by atoms with E-state index in [1.807, 2.05) is 18.2 Å². The summed E-state index contributed by atoms with van der Waals surface area (Å²) in [7, 11) is -1.83. The molecule has 11 heteroatoms. The van der Waals surface area contributed by atoms with Crippen LogP contribution in [0.15, 0.2) is 53.6 Å². The van der Waals surface area contributed by atoms with Crippen molar-refractivity contribution < 1.29 is 17.9 Å². The van der Waals surface area contributed by atoms with Gasteiger partial charge < -0.3 is 25.0 Å². The lowest BCUT2D eigenvalue weighted by atomic mass is 10.2. The highest BCUT2D eigenvalue weighted by atomic mass is 35.5. The Balaban J connectivity index is 1.59. The second-order valence-corrected chi connectivity index (χ2v) is 10.2. The smallest absolute Gasteiger partial charge is 0.229 e. The third-order valence-corrected chi connectivity index (χ3v) is 7.47. The van der Waals surface area contributed by atoms with E-state index in [2.05, 4.69) is 25.5 Å². The van der Waals surface area contributed by atoms with Crippen molar-refractivity contribution in [1.29, 1.82) is 0 Å².